The van der Waals surface area contributed by atoms with E-state index in [2.05, 4.69) is 20.2 Å². The van der Waals surface area contributed by atoms with Crippen LogP contribution in [0, 0.1) is 13.8 Å². The van der Waals surface area contributed by atoms with Gasteiger partial charge in [0.25, 0.3) is 0 Å². The highest BCUT2D eigenvalue weighted by Gasteiger charge is 2.14. The predicted molar refractivity (Wildman–Crippen MR) is 78.4 cm³/mol. The third kappa shape index (κ3) is 2.91. The van der Waals surface area contributed by atoms with E-state index in [1.54, 1.807) is 23.7 Å². The predicted octanol–water partition coefficient (Wildman–Crippen LogP) is 3.30. The van der Waals surface area contributed by atoms with Crippen molar-refractivity contribution >= 4 is 23.2 Å². The summed E-state index contributed by atoms with van der Waals surface area (Å²) in [5, 5.41) is 9.07. The van der Waals surface area contributed by atoms with Gasteiger partial charge in [-0.2, -0.15) is 10.1 Å². The van der Waals surface area contributed by atoms with Crippen molar-refractivity contribution in [2.24, 2.45) is 0 Å². The topological polar surface area (TPSA) is 69.6 Å². The molecule has 0 aliphatic carbocycles. The van der Waals surface area contributed by atoms with Crippen LogP contribution >= 0.6 is 23.2 Å². The maximum absolute atomic E-state index is 6.06. The molecule has 0 saturated heterocycles. The number of halogens is 2. The van der Waals surface area contributed by atoms with Crippen molar-refractivity contribution in [1.82, 2.24) is 24.9 Å². The molecule has 0 radical (unpaired) electrons. The van der Waals surface area contributed by atoms with E-state index in [-0.39, 0.29) is 0 Å². The summed E-state index contributed by atoms with van der Waals surface area (Å²) in [5.74, 6) is 2.37. The molecule has 0 aliphatic heterocycles. The average molecular weight is 324 g/mol. The molecule has 6 nitrogen and oxygen atoms in total. The van der Waals surface area contributed by atoms with Crippen LogP contribution in [0.2, 0.25) is 10.0 Å². The van der Waals surface area contributed by atoms with Gasteiger partial charge in [-0.15, -0.1) is 0 Å². The largest absolute Gasteiger partial charge is 0.337 e. The maximum atomic E-state index is 6.06. The second-order valence-corrected chi connectivity index (χ2v) is 5.32. The van der Waals surface area contributed by atoms with Crippen LogP contribution in [0.3, 0.4) is 0 Å². The normalized spacial score (nSPS) is 11.0. The van der Waals surface area contributed by atoms with Gasteiger partial charge in [0, 0.05) is 5.56 Å². The Balaban J connectivity index is 2.00. The van der Waals surface area contributed by atoms with Gasteiger partial charge in [0.2, 0.25) is 5.89 Å². The summed E-state index contributed by atoms with van der Waals surface area (Å²) in [6, 6.07) is 5.32. The molecule has 8 heteroatoms. The summed E-state index contributed by atoms with van der Waals surface area (Å²) in [6.07, 6.45) is 0. The van der Waals surface area contributed by atoms with Crippen LogP contribution in [0.15, 0.2) is 22.7 Å². The van der Waals surface area contributed by atoms with Crippen molar-refractivity contribution in [3.05, 3.63) is 45.8 Å². The Morgan fingerprint density at radius 1 is 1.10 bits per heavy atom. The SMILES string of the molecule is Cc1noc(Cn2nc(C)nc2-c2ccc(Cl)c(Cl)c2)n1. The van der Waals surface area contributed by atoms with Gasteiger partial charge in [-0.1, -0.05) is 28.4 Å². The van der Waals surface area contributed by atoms with Crippen LogP contribution < -0.4 is 0 Å². The molecule has 108 valence electrons. The van der Waals surface area contributed by atoms with Gasteiger partial charge in [0.1, 0.15) is 12.4 Å². The van der Waals surface area contributed by atoms with Crippen LogP contribution in [-0.2, 0) is 6.54 Å². The van der Waals surface area contributed by atoms with E-state index in [9.17, 15) is 0 Å². The Morgan fingerprint density at radius 3 is 2.57 bits per heavy atom. The molecule has 0 N–H and O–H groups in total. The summed E-state index contributed by atoms with van der Waals surface area (Å²) in [7, 11) is 0. The minimum Gasteiger partial charge on any atom is -0.337 e. The first kappa shape index (κ1) is 14.0. The van der Waals surface area contributed by atoms with E-state index in [4.69, 9.17) is 27.7 Å². The van der Waals surface area contributed by atoms with Crippen molar-refractivity contribution in [3.8, 4) is 11.4 Å². The zero-order chi connectivity index (χ0) is 15.0. The Morgan fingerprint density at radius 2 is 1.90 bits per heavy atom. The van der Waals surface area contributed by atoms with Gasteiger partial charge in [-0.25, -0.2) is 9.67 Å². The lowest BCUT2D eigenvalue weighted by Crippen LogP contribution is -2.04. The standard InChI is InChI=1S/C13H11Cl2N5O/c1-7-17-13(9-3-4-10(14)11(15)5-9)20(18-7)6-12-16-8(2)19-21-12/h3-5H,6H2,1-2H3. The third-order valence-corrected chi connectivity index (χ3v) is 3.55. The number of hydrogen-bond donors (Lipinski definition) is 0. The van der Waals surface area contributed by atoms with Crippen molar-refractivity contribution in [3.63, 3.8) is 0 Å². The fourth-order valence-electron chi connectivity index (χ4n) is 1.95. The molecule has 2 aromatic heterocycles. The molecule has 0 atom stereocenters. The van der Waals surface area contributed by atoms with E-state index < -0.39 is 0 Å². The molecule has 0 amide bonds. The number of rotatable bonds is 3. The Labute approximate surface area is 130 Å². The minimum atomic E-state index is 0.345. The molecule has 0 aliphatic rings. The minimum absolute atomic E-state index is 0.345. The zero-order valence-electron chi connectivity index (χ0n) is 11.3. The molecular formula is C13H11Cl2N5O. The fraction of sp³-hybridized carbons (Fsp3) is 0.231. The number of aryl methyl sites for hydroxylation is 2. The van der Waals surface area contributed by atoms with Crippen LogP contribution in [-0.4, -0.2) is 24.9 Å². The van der Waals surface area contributed by atoms with Gasteiger partial charge in [0.05, 0.1) is 10.0 Å². The summed E-state index contributed by atoms with van der Waals surface area (Å²) in [6.45, 7) is 3.92. The van der Waals surface area contributed by atoms with Crippen molar-refractivity contribution in [2.45, 2.75) is 20.4 Å². The van der Waals surface area contributed by atoms with Crippen LogP contribution in [0.4, 0.5) is 0 Å². The van der Waals surface area contributed by atoms with Crippen molar-refractivity contribution in [1.29, 1.82) is 0 Å². The number of hydrogen-bond acceptors (Lipinski definition) is 5. The smallest absolute Gasteiger partial charge is 0.248 e. The third-order valence-electron chi connectivity index (χ3n) is 2.81. The average Bonchev–Trinajstić information content (AvgIpc) is 3.00. The molecule has 0 bridgehead atoms. The lowest BCUT2D eigenvalue weighted by molar-refractivity contribution is 0.363. The molecule has 2 heterocycles. The van der Waals surface area contributed by atoms with Gasteiger partial charge in [-0.3, -0.25) is 0 Å². The fourth-order valence-corrected chi connectivity index (χ4v) is 2.24. The number of nitrogens with zero attached hydrogens (tertiary/aromatic N) is 5. The molecule has 3 rings (SSSR count). The maximum Gasteiger partial charge on any atom is 0.248 e. The molecule has 1 aromatic carbocycles. The first-order valence-electron chi connectivity index (χ1n) is 6.19. The van der Waals surface area contributed by atoms with E-state index >= 15 is 0 Å². The first-order valence-corrected chi connectivity index (χ1v) is 6.94. The van der Waals surface area contributed by atoms with E-state index in [0.29, 0.717) is 40.0 Å². The highest BCUT2D eigenvalue weighted by atomic mass is 35.5. The van der Waals surface area contributed by atoms with Gasteiger partial charge < -0.3 is 4.52 Å². The van der Waals surface area contributed by atoms with Crippen molar-refractivity contribution in [2.75, 3.05) is 0 Å². The lowest BCUT2D eigenvalue weighted by atomic mass is 10.2. The zero-order valence-corrected chi connectivity index (χ0v) is 12.9. The molecular weight excluding hydrogens is 313 g/mol. The van der Waals surface area contributed by atoms with Crippen LogP contribution in [0.5, 0.6) is 0 Å². The van der Waals surface area contributed by atoms with Crippen molar-refractivity contribution < 1.29 is 4.52 Å². The summed E-state index contributed by atoms with van der Waals surface area (Å²) >= 11 is 12.0. The van der Waals surface area contributed by atoms with Gasteiger partial charge in [0.15, 0.2) is 11.6 Å². The van der Waals surface area contributed by atoms with Crippen LogP contribution in [0.1, 0.15) is 17.5 Å². The molecule has 0 unspecified atom stereocenters. The van der Waals surface area contributed by atoms with Gasteiger partial charge >= 0.3 is 0 Å². The number of benzene rings is 1. The first-order chi connectivity index (χ1) is 10.0. The molecule has 21 heavy (non-hydrogen) atoms. The monoisotopic (exact) mass is 323 g/mol. The van der Waals surface area contributed by atoms with E-state index in [1.807, 2.05) is 13.0 Å². The van der Waals surface area contributed by atoms with E-state index in [0.717, 1.165) is 5.56 Å². The van der Waals surface area contributed by atoms with E-state index in [1.165, 1.54) is 0 Å². The summed E-state index contributed by atoms with van der Waals surface area (Å²) < 4.78 is 6.81. The number of aromatic nitrogens is 5. The molecule has 3 aromatic rings. The molecule has 0 fully saturated rings. The summed E-state index contributed by atoms with van der Waals surface area (Å²) in [4.78, 5) is 8.58. The van der Waals surface area contributed by atoms with Crippen LogP contribution in [0.25, 0.3) is 11.4 Å². The second kappa shape index (κ2) is 5.46. The Bertz CT molecular complexity index is 796. The molecule has 0 spiro atoms. The summed E-state index contributed by atoms with van der Waals surface area (Å²) in [5.41, 5.74) is 0.821. The second-order valence-electron chi connectivity index (χ2n) is 4.50. The highest BCUT2D eigenvalue weighted by Crippen LogP contribution is 2.27. The molecule has 0 saturated carbocycles. The Hall–Kier alpha value is -1.92. The van der Waals surface area contributed by atoms with Gasteiger partial charge in [-0.05, 0) is 32.0 Å². The highest BCUT2D eigenvalue weighted by molar-refractivity contribution is 6.42. The Kier molecular flexibility index (Phi) is 3.65. The lowest BCUT2D eigenvalue weighted by Gasteiger charge is -2.04. The quantitative estimate of drug-likeness (QED) is 0.739.